The van der Waals surface area contributed by atoms with Crippen LogP contribution < -0.4 is 10.6 Å². The Morgan fingerprint density at radius 2 is 1.82 bits per heavy atom. The lowest BCUT2D eigenvalue weighted by Gasteiger charge is -2.21. The number of amides is 3. The highest BCUT2D eigenvalue weighted by Crippen LogP contribution is 2.24. The van der Waals surface area contributed by atoms with Crippen LogP contribution >= 0.6 is 11.3 Å². The number of carbonyl (C=O) groups is 3. The smallest absolute Gasteiger partial charge is 0.358 e. The number of nitrogens with one attached hydrogen (secondary N) is 2. The fraction of sp³-hybridized carbons (Fsp3) is 0.400. The SMILES string of the molecule is CCc1ccc(-c2nc(C(=O)O[C@@H](C)C(=O)NC(=O)NC(C)(C)C)cs2)cc1. The van der Waals surface area contributed by atoms with Gasteiger partial charge >= 0.3 is 12.0 Å². The molecule has 0 radical (unpaired) electrons. The summed E-state index contributed by atoms with van der Waals surface area (Å²) in [5, 5.41) is 7.03. The molecule has 0 spiro atoms. The quantitative estimate of drug-likeness (QED) is 0.744. The molecule has 0 bridgehead atoms. The van der Waals surface area contributed by atoms with Gasteiger partial charge in [0, 0.05) is 16.5 Å². The number of aryl methyl sites for hydroxylation is 1. The third-order valence-corrected chi connectivity index (χ3v) is 4.59. The van der Waals surface area contributed by atoms with Crippen LogP contribution in [-0.2, 0) is 16.0 Å². The Morgan fingerprint density at radius 3 is 2.39 bits per heavy atom. The second-order valence-corrected chi connectivity index (χ2v) is 8.19. The zero-order valence-corrected chi connectivity index (χ0v) is 17.5. The number of urea groups is 1. The summed E-state index contributed by atoms with van der Waals surface area (Å²) in [6, 6.07) is 7.30. The molecule has 7 nitrogen and oxygen atoms in total. The highest BCUT2D eigenvalue weighted by atomic mass is 32.1. The van der Waals surface area contributed by atoms with Crippen molar-refractivity contribution in [1.82, 2.24) is 15.6 Å². The molecule has 150 valence electrons. The molecule has 1 atom stereocenters. The molecule has 2 aromatic rings. The minimum Gasteiger partial charge on any atom is -0.448 e. The summed E-state index contributed by atoms with van der Waals surface area (Å²) in [5.74, 6) is -1.42. The van der Waals surface area contributed by atoms with Crippen molar-refractivity contribution in [2.45, 2.75) is 52.7 Å². The van der Waals surface area contributed by atoms with Crippen molar-refractivity contribution < 1.29 is 19.1 Å². The maximum atomic E-state index is 12.3. The van der Waals surface area contributed by atoms with E-state index in [1.807, 2.05) is 24.3 Å². The van der Waals surface area contributed by atoms with Crippen LogP contribution in [0.25, 0.3) is 10.6 Å². The minimum atomic E-state index is -1.13. The van der Waals surface area contributed by atoms with Gasteiger partial charge in [0.25, 0.3) is 5.91 Å². The maximum Gasteiger partial charge on any atom is 0.358 e. The van der Waals surface area contributed by atoms with Gasteiger partial charge in [-0.2, -0.15) is 0 Å². The molecular formula is C20H25N3O4S. The van der Waals surface area contributed by atoms with E-state index in [0.717, 1.165) is 12.0 Å². The van der Waals surface area contributed by atoms with Gasteiger partial charge in [0.1, 0.15) is 5.01 Å². The summed E-state index contributed by atoms with van der Waals surface area (Å²) in [5.41, 5.74) is 1.76. The predicted molar refractivity (Wildman–Crippen MR) is 108 cm³/mol. The minimum absolute atomic E-state index is 0.123. The fourth-order valence-electron chi connectivity index (χ4n) is 2.24. The Bertz CT molecular complexity index is 853. The van der Waals surface area contributed by atoms with E-state index in [1.54, 1.807) is 26.2 Å². The van der Waals surface area contributed by atoms with Crippen LogP contribution in [-0.4, -0.2) is 34.5 Å². The van der Waals surface area contributed by atoms with Crippen molar-refractivity contribution in [2.75, 3.05) is 0 Å². The molecule has 0 aliphatic rings. The maximum absolute atomic E-state index is 12.3. The molecule has 0 fully saturated rings. The number of rotatable bonds is 5. The third kappa shape index (κ3) is 6.16. The summed E-state index contributed by atoms with van der Waals surface area (Å²) >= 11 is 1.32. The molecule has 0 saturated heterocycles. The lowest BCUT2D eigenvalue weighted by molar-refractivity contribution is -0.127. The normalized spacial score (nSPS) is 12.2. The first kappa shape index (κ1) is 21.6. The van der Waals surface area contributed by atoms with Gasteiger partial charge in [0.15, 0.2) is 11.8 Å². The van der Waals surface area contributed by atoms with Crippen LogP contribution in [0.1, 0.15) is 50.7 Å². The number of aromatic nitrogens is 1. The Kier molecular flexibility index (Phi) is 6.90. The first-order chi connectivity index (χ1) is 13.1. The van der Waals surface area contributed by atoms with Gasteiger partial charge in [0.05, 0.1) is 0 Å². The molecule has 1 aromatic heterocycles. The Balaban J connectivity index is 1.96. The van der Waals surface area contributed by atoms with Gasteiger partial charge in [-0.3, -0.25) is 10.1 Å². The second-order valence-electron chi connectivity index (χ2n) is 7.33. The Hall–Kier alpha value is -2.74. The molecule has 2 N–H and O–H groups in total. The Morgan fingerprint density at radius 1 is 1.18 bits per heavy atom. The number of ether oxygens (including phenoxy) is 1. The van der Waals surface area contributed by atoms with E-state index in [-0.39, 0.29) is 5.69 Å². The highest BCUT2D eigenvalue weighted by molar-refractivity contribution is 7.13. The van der Waals surface area contributed by atoms with Gasteiger partial charge < -0.3 is 10.1 Å². The van der Waals surface area contributed by atoms with E-state index < -0.39 is 29.6 Å². The van der Waals surface area contributed by atoms with Crippen LogP contribution in [0.5, 0.6) is 0 Å². The molecule has 28 heavy (non-hydrogen) atoms. The summed E-state index contributed by atoms with van der Waals surface area (Å²) < 4.78 is 5.13. The lowest BCUT2D eigenvalue weighted by Crippen LogP contribution is -2.50. The number of carbonyl (C=O) groups excluding carboxylic acids is 3. The summed E-state index contributed by atoms with van der Waals surface area (Å²) in [6.07, 6.45) is -0.184. The molecular weight excluding hydrogens is 378 g/mol. The lowest BCUT2D eigenvalue weighted by atomic mass is 10.1. The van der Waals surface area contributed by atoms with Crippen LogP contribution in [0.4, 0.5) is 4.79 Å². The zero-order chi connectivity index (χ0) is 20.9. The van der Waals surface area contributed by atoms with Crippen molar-refractivity contribution in [1.29, 1.82) is 0 Å². The van der Waals surface area contributed by atoms with Gasteiger partial charge in [-0.05, 0) is 39.7 Å². The molecule has 0 unspecified atom stereocenters. The van der Waals surface area contributed by atoms with Crippen LogP contribution in [0.2, 0.25) is 0 Å². The number of thiazole rings is 1. The van der Waals surface area contributed by atoms with Gasteiger partial charge in [-0.25, -0.2) is 14.6 Å². The standard InChI is InChI=1S/C20H25N3O4S/c1-6-13-7-9-14(10-8-13)17-21-15(11-28-17)18(25)27-12(2)16(24)22-19(26)23-20(3,4)5/h7-12H,6H2,1-5H3,(H2,22,23,24,26)/t12-/m0/s1. The largest absolute Gasteiger partial charge is 0.448 e. The van der Waals surface area contributed by atoms with Crippen molar-refractivity contribution in [3.05, 3.63) is 40.9 Å². The first-order valence-corrected chi connectivity index (χ1v) is 9.86. The van der Waals surface area contributed by atoms with Crippen molar-refractivity contribution >= 4 is 29.2 Å². The number of nitrogens with zero attached hydrogens (tertiary/aromatic N) is 1. The summed E-state index contributed by atoms with van der Waals surface area (Å²) in [6.45, 7) is 8.84. The second kappa shape index (κ2) is 8.97. The van der Waals surface area contributed by atoms with Crippen LogP contribution in [0.15, 0.2) is 29.6 Å². The van der Waals surface area contributed by atoms with E-state index in [4.69, 9.17) is 4.74 Å². The third-order valence-electron chi connectivity index (χ3n) is 3.70. The molecule has 1 aromatic carbocycles. The molecule has 0 aliphatic heterocycles. The number of hydrogen-bond donors (Lipinski definition) is 2. The molecule has 8 heteroatoms. The molecule has 2 rings (SSSR count). The average Bonchev–Trinajstić information content (AvgIpc) is 3.10. The number of esters is 1. The average molecular weight is 404 g/mol. The predicted octanol–water partition coefficient (Wildman–Crippen LogP) is 3.54. The number of imide groups is 1. The number of hydrogen-bond acceptors (Lipinski definition) is 6. The number of benzene rings is 1. The van der Waals surface area contributed by atoms with Crippen molar-refractivity contribution in [3.8, 4) is 10.6 Å². The summed E-state index contributed by atoms with van der Waals surface area (Å²) in [7, 11) is 0. The fourth-order valence-corrected chi connectivity index (χ4v) is 3.04. The van der Waals surface area contributed by atoms with E-state index in [0.29, 0.717) is 5.01 Å². The monoisotopic (exact) mass is 403 g/mol. The van der Waals surface area contributed by atoms with Crippen LogP contribution in [0, 0.1) is 0 Å². The van der Waals surface area contributed by atoms with E-state index in [1.165, 1.54) is 23.8 Å². The molecule has 3 amide bonds. The van der Waals surface area contributed by atoms with E-state index in [9.17, 15) is 14.4 Å². The van der Waals surface area contributed by atoms with Gasteiger partial charge in [0.2, 0.25) is 0 Å². The molecule has 0 aliphatic carbocycles. The van der Waals surface area contributed by atoms with Crippen molar-refractivity contribution in [3.63, 3.8) is 0 Å². The first-order valence-electron chi connectivity index (χ1n) is 8.98. The van der Waals surface area contributed by atoms with Crippen molar-refractivity contribution in [2.24, 2.45) is 0 Å². The van der Waals surface area contributed by atoms with Gasteiger partial charge in [-0.1, -0.05) is 31.2 Å². The Labute approximate surface area is 168 Å². The molecule has 0 saturated carbocycles. The topological polar surface area (TPSA) is 97.4 Å². The van der Waals surface area contributed by atoms with Crippen LogP contribution in [0.3, 0.4) is 0 Å². The molecule has 1 heterocycles. The van der Waals surface area contributed by atoms with Gasteiger partial charge in [-0.15, -0.1) is 11.3 Å². The van der Waals surface area contributed by atoms with E-state index >= 15 is 0 Å². The van der Waals surface area contributed by atoms with E-state index in [2.05, 4.69) is 22.5 Å². The summed E-state index contributed by atoms with van der Waals surface area (Å²) in [4.78, 5) is 40.3. The highest BCUT2D eigenvalue weighted by Gasteiger charge is 2.24. The zero-order valence-electron chi connectivity index (χ0n) is 16.7.